The van der Waals surface area contributed by atoms with Crippen LogP contribution in [0.5, 0.6) is 0 Å². The average Bonchev–Trinajstić information content (AvgIpc) is 2.89. The molecule has 8 heteroatoms. The van der Waals surface area contributed by atoms with Gasteiger partial charge in [-0.05, 0) is 26.8 Å². The minimum Gasteiger partial charge on any atom is -0.476 e. The van der Waals surface area contributed by atoms with E-state index in [0.717, 1.165) is 17.0 Å². The lowest BCUT2D eigenvalue weighted by atomic mass is 10.1. The van der Waals surface area contributed by atoms with Crippen molar-refractivity contribution in [3.8, 4) is 11.3 Å². The van der Waals surface area contributed by atoms with Gasteiger partial charge in [-0.1, -0.05) is 5.21 Å². The van der Waals surface area contributed by atoms with E-state index in [9.17, 15) is 9.90 Å². The van der Waals surface area contributed by atoms with Gasteiger partial charge in [-0.25, -0.2) is 9.48 Å². The number of carbonyl (C=O) groups is 1. The highest BCUT2D eigenvalue weighted by molar-refractivity contribution is 5.93. The molecule has 2 aromatic heterocycles. The van der Waals surface area contributed by atoms with Gasteiger partial charge >= 0.3 is 5.97 Å². The monoisotopic (exact) mass is 278 g/mol. The Bertz CT molecular complexity index is 643. The number of rotatable bonds is 5. The lowest BCUT2D eigenvalue weighted by Gasteiger charge is -2.07. The van der Waals surface area contributed by atoms with Gasteiger partial charge in [-0.15, -0.1) is 5.10 Å². The summed E-state index contributed by atoms with van der Waals surface area (Å²) < 4.78 is 3.31. The third-order valence-corrected chi connectivity index (χ3v) is 3.26. The topological polar surface area (TPSA) is 112 Å². The number of aromatic nitrogens is 5. The molecule has 0 aliphatic carbocycles. The largest absolute Gasteiger partial charge is 0.476 e. The molecule has 0 aliphatic heterocycles. The Morgan fingerprint density at radius 1 is 1.40 bits per heavy atom. The molecule has 108 valence electrons. The van der Waals surface area contributed by atoms with Gasteiger partial charge < -0.3 is 10.8 Å². The fourth-order valence-corrected chi connectivity index (χ4v) is 2.22. The molecule has 2 rings (SSSR count). The summed E-state index contributed by atoms with van der Waals surface area (Å²) in [5.74, 6) is -1.10. The summed E-state index contributed by atoms with van der Waals surface area (Å²) in [6.45, 7) is 4.77. The first-order chi connectivity index (χ1) is 9.47. The number of carboxylic acids is 1. The summed E-state index contributed by atoms with van der Waals surface area (Å²) in [6, 6.07) is 0. The average molecular weight is 278 g/mol. The maximum atomic E-state index is 11.3. The quantitative estimate of drug-likeness (QED) is 0.815. The van der Waals surface area contributed by atoms with E-state index in [1.807, 2.05) is 20.9 Å². The first-order valence-corrected chi connectivity index (χ1v) is 6.34. The minimum atomic E-state index is -1.10. The van der Waals surface area contributed by atoms with Crippen molar-refractivity contribution in [3.05, 3.63) is 17.1 Å². The van der Waals surface area contributed by atoms with E-state index >= 15 is 0 Å². The Labute approximate surface area is 116 Å². The van der Waals surface area contributed by atoms with Crippen molar-refractivity contribution in [1.82, 2.24) is 24.8 Å². The van der Waals surface area contributed by atoms with Gasteiger partial charge in [0.2, 0.25) is 0 Å². The smallest absolute Gasteiger partial charge is 0.358 e. The van der Waals surface area contributed by atoms with Crippen LogP contribution in [0.3, 0.4) is 0 Å². The van der Waals surface area contributed by atoms with Gasteiger partial charge in [0.15, 0.2) is 5.69 Å². The predicted molar refractivity (Wildman–Crippen MR) is 72.3 cm³/mol. The molecule has 20 heavy (non-hydrogen) atoms. The molecule has 8 nitrogen and oxygen atoms in total. The Morgan fingerprint density at radius 3 is 2.60 bits per heavy atom. The Kier molecular flexibility index (Phi) is 3.84. The molecule has 0 amide bonds. The van der Waals surface area contributed by atoms with Crippen LogP contribution >= 0.6 is 0 Å². The minimum absolute atomic E-state index is 0.0544. The first kappa shape index (κ1) is 14.2. The van der Waals surface area contributed by atoms with E-state index in [1.165, 1.54) is 0 Å². The number of aromatic carboxylic acids is 1. The van der Waals surface area contributed by atoms with Gasteiger partial charge in [-0.3, -0.25) is 4.68 Å². The molecule has 3 N–H and O–H groups in total. The van der Waals surface area contributed by atoms with E-state index in [-0.39, 0.29) is 5.69 Å². The third-order valence-electron chi connectivity index (χ3n) is 3.26. The summed E-state index contributed by atoms with van der Waals surface area (Å²) in [4.78, 5) is 11.3. The van der Waals surface area contributed by atoms with Gasteiger partial charge in [0.1, 0.15) is 5.69 Å². The Hall–Kier alpha value is -2.22. The fourth-order valence-electron chi connectivity index (χ4n) is 2.22. The van der Waals surface area contributed by atoms with Crippen LogP contribution in [0.2, 0.25) is 0 Å². The van der Waals surface area contributed by atoms with Crippen LogP contribution < -0.4 is 5.73 Å². The molecule has 0 saturated carbocycles. The number of hydrogen-bond donors (Lipinski definition) is 2. The molecular formula is C12H18N6O2. The Balaban J connectivity index is 2.63. The van der Waals surface area contributed by atoms with E-state index < -0.39 is 5.97 Å². The van der Waals surface area contributed by atoms with Crippen molar-refractivity contribution in [2.45, 2.75) is 26.8 Å². The standard InChI is InChI=1S/C12H18N6O2/c1-7-9(8(2)17(3)15-7)11-10(12(19)20)14-16-18(11)6-4-5-13/h4-6,13H2,1-3H3,(H,19,20). The van der Waals surface area contributed by atoms with Gasteiger partial charge in [0, 0.05) is 24.8 Å². The molecule has 0 saturated heterocycles. The number of nitrogens with two attached hydrogens (primary N) is 1. The van der Waals surface area contributed by atoms with Crippen LogP contribution in [-0.2, 0) is 13.6 Å². The van der Waals surface area contributed by atoms with Crippen molar-refractivity contribution in [2.75, 3.05) is 6.54 Å². The highest BCUT2D eigenvalue weighted by atomic mass is 16.4. The SMILES string of the molecule is Cc1nn(C)c(C)c1-c1c(C(=O)O)nnn1CCCN. The van der Waals surface area contributed by atoms with Crippen molar-refractivity contribution in [3.63, 3.8) is 0 Å². The molecule has 0 aromatic carbocycles. The predicted octanol–water partition coefficient (Wildman–Crippen LogP) is 0.342. The lowest BCUT2D eigenvalue weighted by Crippen LogP contribution is -2.10. The second kappa shape index (κ2) is 5.41. The molecule has 0 aliphatic rings. The number of nitrogens with zero attached hydrogens (tertiary/aromatic N) is 5. The highest BCUT2D eigenvalue weighted by Crippen LogP contribution is 2.28. The molecule has 0 fully saturated rings. The molecule has 0 bridgehead atoms. The number of aryl methyl sites for hydroxylation is 3. The molecule has 0 atom stereocenters. The van der Waals surface area contributed by atoms with Crippen molar-refractivity contribution in [2.24, 2.45) is 12.8 Å². The Morgan fingerprint density at radius 2 is 2.10 bits per heavy atom. The van der Waals surface area contributed by atoms with E-state index in [1.54, 1.807) is 9.36 Å². The molecule has 2 aromatic rings. The zero-order valence-corrected chi connectivity index (χ0v) is 11.8. The molecule has 0 unspecified atom stereocenters. The highest BCUT2D eigenvalue weighted by Gasteiger charge is 2.25. The van der Waals surface area contributed by atoms with Gasteiger partial charge in [-0.2, -0.15) is 5.10 Å². The van der Waals surface area contributed by atoms with Crippen LogP contribution in [-0.4, -0.2) is 42.4 Å². The van der Waals surface area contributed by atoms with Crippen LogP contribution in [0.4, 0.5) is 0 Å². The van der Waals surface area contributed by atoms with Gasteiger partial charge in [0.05, 0.1) is 5.69 Å². The summed E-state index contributed by atoms with van der Waals surface area (Å²) in [6.07, 6.45) is 0.702. The summed E-state index contributed by atoms with van der Waals surface area (Å²) in [5, 5.41) is 21.3. The zero-order valence-electron chi connectivity index (χ0n) is 11.8. The molecule has 0 spiro atoms. The maximum Gasteiger partial charge on any atom is 0.358 e. The van der Waals surface area contributed by atoms with Crippen molar-refractivity contribution >= 4 is 5.97 Å². The number of carboxylic acid groups (broad SMARTS) is 1. The summed E-state index contributed by atoms with van der Waals surface area (Å²) in [7, 11) is 1.82. The van der Waals surface area contributed by atoms with Crippen LogP contribution in [0, 0.1) is 13.8 Å². The molecular weight excluding hydrogens is 260 g/mol. The number of hydrogen-bond acceptors (Lipinski definition) is 5. The normalized spacial score (nSPS) is 11.0. The zero-order chi connectivity index (χ0) is 14.9. The molecule has 0 radical (unpaired) electrons. The van der Waals surface area contributed by atoms with Crippen LogP contribution in [0.25, 0.3) is 11.3 Å². The summed E-state index contributed by atoms with van der Waals surface area (Å²) in [5.41, 5.74) is 8.34. The van der Waals surface area contributed by atoms with Crippen LogP contribution in [0.1, 0.15) is 28.3 Å². The van der Waals surface area contributed by atoms with Crippen molar-refractivity contribution in [1.29, 1.82) is 0 Å². The van der Waals surface area contributed by atoms with Crippen molar-refractivity contribution < 1.29 is 9.90 Å². The lowest BCUT2D eigenvalue weighted by molar-refractivity contribution is 0.0691. The maximum absolute atomic E-state index is 11.3. The summed E-state index contributed by atoms with van der Waals surface area (Å²) >= 11 is 0. The molecule has 2 heterocycles. The van der Waals surface area contributed by atoms with Crippen LogP contribution in [0.15, 0.2) is 0 Å². The van der Waals surface area contributed by atoms with E-state index in [0.29, 0.717) is 25.2 Å². The second-order valence-electron chi connectivity index (χ2n) is 4.63. The first-order valence-electron chi connectivity index (χ1n) is 6.34. The van der Waals surface area contributed by atoms with E-state index in [4.69, 9.17) is 5.73 Å². The second-order valence-corrected chi connectivity index (χ2v) is 4.63. The van der Waals surface area contributed by atoms with E-state index in [2.05, 4.69) is 15.4 Å². The fraction of sp³-hybridized carbons (Fsp3) is 0.500. The third kappa shape index (κ3) is 2.29. The van der Waals surface area contributed by atoms with Gasteiger partial charge in [0.25, 0.3) is 0 Å².